The second-order valence-electron chi connectivity index (χ2n) is 16.1. The Morgan fingerprint density at radius 2 is 0.884 bits per heavy atom. The van der Waals surface area contributed by atoms with E-state index in [0.717, 1.165) is 24.3 Å². The van der Waals surface area contributed by atoms with Gasteiger partial charge >= 0.3 is 279 Å². The third-order valence-electron chi connectivity index (χ3n) is 8.36. The van der Waals surface area contributed by atoms with Gasteiger partial charge in [0.15, 0.2) is 0 Å². The van der Waals surface area contributed by atoms with Crippen molar-refractivity contribution in [1.29, 1.82) is 0 Å². The molecule has 2 aromatic carbocycles. The monoisotopic (exact) mass is 698 g/mol. The molecule has 2 aliphatic rings. The van der Waals surface area contributed by atoms with Crippen LogP contribution in [0.3, 0.4) is 0 Å². The number of rotatable bonds is 6. The van der Waals surface area contributed by atoms with Crippen LogP contribution in [0.1, 0.15) is 95.9 Å². The van der Waals surface area contributed by atoms with E-state index in [1.54, 1.807) is 0 Å². The van der Waals surface area contributed by atoms with Crippen LogP contribution >= 0.6 is 23.2 Å². The Morgan fingerprint density at radius 1 is 0.535 bits per heavy atom. The first-order valence-corrected chi connectivity index (χ1v) is 20.7. The summed E-state index contributed by atoms with van der Waals surface area (Å²) in [5, 5.41) is 1.29. The van der Waals surface area contributed by atoms with Crippen molar-refractivity contribution in [1.82, 2.24) is 0 Å². The molecule has 0 unspecified atom stereocenters. The first-order chi connectivity index (χ1) is 19.6. The van der Waals surface area contributed by atoms with E-state index in [1.807, 2.05) is 48.5 Å². The predicted octanol–water partition coefficient (Wildman–Crippen LogP) is 12.8. The molecule has 4 rings (SSSR count). The van der Waals surface area contributed by atoms with Crippen LogP contribution < -0.4 is 5.63 Å². The van der Waals surface area contributed by atoms with Gasteiger partial charge in [0.1, 0.15) is 0 Å². The van der Waals surface area contributed by atoms with Gasteiger partial charge in [-0.15, -0.1) is 0 Å². The Bertz CT molecular complexity index is 1400. The normalized spacial score (nSPS) is 17.0. The molecule has 43 heavy (non-hydrogen) atoms. The van der Waals surface area contributed by atoms with Crippen molar-refractivity contribution < 1.29 is 26.8 Å². The number of hydrogen-bond acceptors (Lipinski definition) is 2. The standard InChI is InChI=1S/2C13H21.2C6H5ClO.Zr/c2*1-12(2,3)10-7-8-11(9-10)13(4,5)6;2*7-5-2-1-3-6(8)4-5;/h2*7H,8H2,1-6H3;2*1-4,8H;/q;;;;+2/p-2. The quantitative estimate of drug-likeness (QED) is 0.299. The van der Waals surface area contributed by atoms with Gasteiger partial charge in [-0.05, 0) is 0 Å². The first kappa shape index (κ1) is 34.3. The Balaban J connectivity index is 2.26. The van der Waals surface area contributed by atoms with Crippen molar-refractivity contribution in [2.24, 2.45) is 21.7 Å². The summed E-state index contributed by atoms with van der Waals surface area (Å²) in [5.74, 6) is 1.49. The molecule has 0 bridgehead atoms. The molecule has 2 aromatic rings. The van der Waals surface area contributed by atoms with E-state index in [0.29, 0.717) is 10.0 Å². The molecule has 0 N–H and O–H groups in total. The van der Waals surface area contributed by atoms with Gasteiger partial charge in [0.25, 0.3) is 0 Å². The van der Waals surface area contributed by atoms with Crippen LogP contribution in [0.2, 0.25) is 10.0 Å². The van der Waals surface area contributed by atoms with Crippen molar-refractivity contribution in [2.45, 2.75) is 95.9 Å². The minimum absolute atomic E-state index is 0.0942. The van der Waals surface area contributed by atoms with Gasteiger partial charge in [-0.1, -0.05) is 0 Å². The van der Waals surface area contributed by atoms with Crippen LogP contribution in [-0.2, 0) is 21.1 Å². The molecule has 0 aliphatic heterocycles. The Kier molecular flexibility index (Phi) is 9.58. The van der Waals surface area contributed by atoms with Gasteiger partial charge in [-0.2, -0.15) is 0 Å². The molecule has 0 heterocycles. The van der Waals surface area contributed by atoms with Crippen molar-refractivity contribution in [3.8, 4) is 11.5 Å². The summed E-state index contributed by atoms with van der Waals surface area (Å²) in [6, 6.07) is 15.7. The van der Waals surface area contributed by atoms with Gasteiger partial charge in [0.05, 0.1) is 0 Å². The summed E-state index contributed by atoms with van der Waals surface area (Å²) < 4.78 is 17.9. The Hall–Kier alpha value is -1.54. The zero-order chi connectivity index (χ0) is 32.2. The van der Waals surface area contributed by atoms with Crippen LogP contribution in [0.15, 0.2) is 89.5 Å². The average Bonchev–Trinajstić information content (AvgIpc) is 3.49. The van der Waals surface area contributed by atoms with E-state index in [4.69, 9.17) is 28.8 Å². The predicted molar refractivity (Wildman–Crippen MR) is 181 cm³/mol. The van der Waals surface area contributed by atoms with Gasteiger partial charge < -0.3 is 0 Å². The SMILES string of the molecule is CC(C)(C)C1=CCC(C(C)(C)C)=[C]1[Zr]([O]c1cccc(Cl)c1)([O]c1cccc(Cl)c1)[C]1=C(C(C)(C)C)CC=C1C(C)(C)C. The maximum absolute atomic E-state index is 7.66. The zero-order valence-corrected chi connectivity index (χ0v) is 32.2. The van der Waals surface area contributed by atoms with Crippen LogP contribution in [0.4, 0.5) is 0 Å². The summed E-state index contributed by atoms with van der Waals surface area (Å²) in [5.41, 5.74) is 5.04. The molecule has 232 valence electrons. The van der Waals surface area contributed by atoms with Crippen LogP contribution in [0.25, 0.3) is 0 Å². The fourth-order valence-corrected chi connectivity index (χ4v) is 19.1. The maximum atomic E-state index is 7.66. The Labute approximate surface area is 276 Å². The molecule has 0 spiro atoms. The summed E-state index contributed by atoms with van der Waals surface area (Å²) in [6.07, 6.45) is 6.65. The molecule has 0 atom stereocenters. The van der Waals surface area contributed by atoms with Gasteiger partial charge in [0.2, 0.25) is 0 Å². The molecule has 5 heteroatoms. The van der Waals surface area contributed by atoms with E-state index in [-0.39, 0.29) is 21.7 Å². The molecule has 2 aliphatic carbocycles. The number of hydrogen-bond donors (Lipinski definition) is 0. The summed E-state index contributed by atoms with van der Waals surface area (Å²) in [7, 11) is 0. The van der Waals surface area contributed by atoms with Crippen LogP contribution in [-0.4, -0.2) is 0 Å². The molecule has 0 aromatic heterocycles. The van der Waals surface area contributed by atoms with Crippen LogP contribution in [0, 0.1) is 21.7 Å². The molecular formula is C38H50Cl2O2Zr. The molecule has 0 fully saturated rings. The molecule has 0 amide bonds. The molecule has 0 radical (unpaired) electrons. The van der Waals surface area contributed by atoms with Crippen molar-refractivity contribution in [2.75, 3.05) is 0 Å². The van der Waals surface area contributed by atoms with E-state index in [1.165, 1.54) is 28.9 Å². The third-order valence-corrected chi connectivity index (χ3v) is 17.4. The topological polar surface area (TPSA) is 18.5 Å². The average molecular weight is 701 g/mol. The van der Waals surface area contributed by atoms with Gasteiger partial charge in [0, 0.05) is 0 Å². The number of allylic oxidation sites excluding steroid dienone is 8. The fraction of sp³-hybridized carbons (Fsp3) is 0.474. The summed E-state index contributed by atoms with van der Waals surface area (Å²) in [6.45, 7) is 27.8. The second-order valence-corrected chi connectivity index (χ2v) is 23.5. The number of benzene rings is 2. The molecule has 2 nitrogen and oxygen atoms in total. The van der Waals surface area contributed by atoms with E-state index in [9.17, 15) is 0 Å². The molecule has 0 saturated carbocycles. The Morgan fingerprint density at radius 3 is 1.16 bits per heavy atom. The summed E-state index contributed by atoms with van der Waals surface area (Å²) >= 11 is 8.41. The third kappa shape index (κ3) is 7.31. The van der Waals surface area contributed by atoms with Crippen molar-refractivity contribution >= 4 is 23.2 Å². The zero-order valence-electron chi connectivity index (χ0n) is 28.3. The second kappa shape index (κ2) is 12.0. The van der Waals surface area contributed by atoms with E-state index >= 15 is 0 Å². The van der Waals surface area contributed by atoms with E-state index < -0.39 is 21.1 Å². The minimum atomic E-state index is -4.83. The molecule has 0 saturated heterocycles. The van der Waals surface area contributed by atoms with Gasteiger partial charge in [-0.3, -0.25) is 0 Å². The van der Waals surface area contributed by atoms with E-state index in [2.05, 4.69) is 95.2 Å². The van der Waals surface area contributed by atoms with Crippen LogP contribution in [0.5, 0.6) is 11.5 Å². The fourth-order valence-electron chi connectivity index (χ4n) is 6.36. The summed E-state index contributed by atoms with van der Waals surface area (Å²) in [4.78, 5) is 0. The molecular weight excluding hydrogens is 651 g/mol. The van der Waals surface area contributed by atoms with Crippen molar-refractivity contribution in [3.63, 3.8) is 0 Å². The van der Waals surface area contributed by atoms with Crippen molar-refractivity contribution in [3.05, 3.63) is 99.6 Å². The van der Waals surface area contributed by atoms with Gasteiger partial charge in [-0.25, -0.2) is 0 Å². The first-order valence-electron chi connectivity index (χ1n) is 15.4. The number of halogens is 2.